The standard InChI is InChI=1S/C16H12Cl2FNO/c17-13-4-1-5-14(18)16(13)21-10-12-7-6-11(3-2-8-20)9-15(12)19/h1,4-7,9H,8,10,20H2. The Morgan fingerprint density at radius 1 is 1.14 bits per heavy atom. The van der Waals surface area contributed by atoms with Crippen LogP contribution in [0, 0.1) is 17.7 Å². The molecule has 0 unspecified atom stereocenters. The Morgan fingerprint density at radius 2 is 1.86 bits per heavy atom. The molecular weight excluding hydrogens is 312 g/mol. The highest BCUT2D eigenvalue weighted by Gasteiger charge is 2.09. The Balaban J connectivity index is 2.14. The fourth-order valence-electron chi connectivity index (χ4n) is 1.67. The predicted molar refractivity (Wildman–Crippen MR) is 83.1 cm³/mol. The van der Waals surface area contributed by atoms with Gasteiger partial charge in [0, 0.05) is 11.1 Å². The van der Waals surface area contributed by atoms with Crippen molar-refractivity contribution in [3.8, 4) is 17.6 Å². The maximum absolute atomic E-state index is 13.9. The first-order valence-corrected chi connectivity index (χ1v) is 6.91. The summed E-state index contributed by atoms with van der Waals surface area (Å²) in [5.41, 5.74) is 6.23. The highest BCUT2D eigenvalue weighted by Crippen LogP contribution is 2.33. The maximum atomic E-state index is 13.9. The maximum Gasteiger partial charge on any atom is 0.156 e. The molecule has 0 saturated heterocycles. The van der Waals surface area contributed by atoms with E-state index < -0.39 is 5.82 Å². The number of nitrogens with two attached hydrogens (primary N) is 1. The smallest absolute Gasteiger partial charge is 0.156 e. The minimum Gasteiger partial charge on any atom is -0.486 e. The molecule has 108 valence electrons. The van der Waals surface area contributed by atoms with Gasteiger partial charge in [0.1, 0.15) is 12.4 Å². The number of halogens is 3. The van der Waals surface area contributed by atoms with E-state index in [9.17, 15) is 4.39 Å². The summed E-state index contributed by atoms with van der Waals surface area (Å²) in [4.78, 5) is 0. The van der Waals surface area contributed by atoms with Crippen molar-refractivity contribution in [2.24, 2.45) is 5.73 Å². The van der Waals surface area contributed by atoms with Gasteiger partial charge in [-0.1, -0.05) is 47.2 Å². The minimum atomic E-state index is -0.401. The highest BCUT2D eigenvalue weighted by atomic mass is 35.5. The van der Waals surface area contributed by atoms with Gasteiger partial charge >= 0.3 is 0 Å². The molecule has 5 heteroatoms. The molecule has 0 bridgehead atoms. The van der Waals surface area contributed by atoms with Crippen LogP contribution in [0.5, 0.6) is 5.75 Å². The molecule has 0 spiro atoms. The van der Waals surface area contributed by atoms with Crippen LogP contribution in [0.25, 0.3) is 0 Å². The second-order valence-electron chi connectivity index (χ2n) is 4.15. The van der Waals surface area contributed by atoms with Gasteiger partial charge in [-0.05, 0) is 24.3 Å². The molecule has 0 heterocycles. The van der Waals surface area contributed by atoms with Crippen molar-refractivity contribution in [1.29, 1.82) is 0 Å². The van der Waals surface area contributed by atoms with Crippen molar-refractivity contribution in [2.75, 3.05) is 6.54 Å². The molecule has 0 fully saturated rings. The Kier molecular flexibility index (Phi) is 5.46. The van der Waals surface area contributed by atoms with Crippen molar-refractivity contribution in [2.45, 2.75) is 6.61 Å². The summed E-state index contributed by atoms with van der Waals surface area (Å²) < 4.78 is 19.4. The summed E-state index contributed by atoms with van der Waals surface area (Å²) >= 11 is 12.0. The Hall–Kier alpha value is -1.73. The first-order chi connectivity index (χ1) is 10.1. The number of para-hydroxylation sites is 1. The van der Waals surface area contributed by atoms with Crippen molar-refractivity contribution in [3.63, 3.8) is 0 Å². The van der Waals surface area contributed by atoms with E-state index in [1.54, 1.807) is 30.3 Å². The normalized spacial score (nSPS) is 9.90. The largest absolute Gasteiger partial charge is 0.486 e. The Bertz CT molecular complexity index is 687. The van der Waals surface area contributed by atoms with Crippen molar-refractivity contribution >= 4 is 23.2 Å². The van der Waals surface area contributed by atoms with E-state index in [0.717, 1.165) is 0 Å². The van der Waals surface area contributed by atoms with E-state index in [2.05, 4.69) is 11.8 Å². The molecule has 0 aliphatic heterocycles. The summed E-state index contributed by atoms with van der Waals surface area (Å²) in [6.07, 6.45) is 0. The van der Waals surface area contributed by atoms with Gasteiger partial charge in [-0.2, -0.15) is 0 Å². The summed E-state index contributed by atoms with van der Waals surface area (Å²) in [5, 5.41) is 0.765. The van der Waals surface area contributed by atoms with E-state index in [-0.39, 0.29) is 13.2 Å². The highest BCUT2D eigenvalue weighted by molar-refractivity contribution is 6.37. The molecule has 2 aromatic carbocycles. The van der Waals surface area contributed by atoms with Gasteiger partial charge in [0.25, 0.3) is 0 Å². The second-order valence-corrected chi connectivity index (χ2v) is 4.97. The third-order valence-corrected chi connectivity index (χ3v) is 3.27. The second kappa shape index (κ2) is 7.33. The SMILES string of the molecule is NCC#Cc1ccc(COc2c(Cl)cccc2Cl)c(F)c1. The van der Waals surface area contributed by atoms with E-state index in [1.807, 2.05) is 0 Å². The lowest BCUT2D eigenvalue weighted by Gasteiger charge is -2.10. The molecule has 0 aromatic heterocycles. The number of benzene rings is 2. The third-order valence-electron chi connectivity index (χ3n) is 2.68. The summed E-state index contributed by atoms with van der Waals surface area (Å²) in [5.74, 6) is 5.37. The zero-order valence-corrected chi connectivity index (χ0v) is 12.5. The quantitative estimate of drug-likeness (QED) is 0.866. The fourth-order valence-corrected chi connectivity index (χ4v) is 2.17. The van der Waals surface area contributed by atoms with Crippen LogP contribution < -0.4 is 10.5 Å². The molecule has 2 aromatic rings. The monoisotopic (exact) mass is 323 g/mol. The molecule has 0 atom stereocenters. The number of hydrogen-bond donors (Lipinski definition) is 1. The van der Waals surface area contributed by atoms with Crippen molar-refractivity contribution in [3.05, 3.63) is 63.4 Å². The van der Waals surface area contributed by atoms with Crippen LogP contribution in [0.4, 0.5) is 4.39 Å². The van der Waals surface area contributed by atoms with Crippen LogP contribution in [0.15, 0.2) is 36.4 Å². The first-order valence-electron chi connectivity index (χ1n) is 6.16. The Labute approximate surface area is 132 Å². The summed E-state index contributed by atoms with van der Waals surface area (Å²) in [6, 6.07) is 9.69. The van der Waals surface area contributed by atoms with E-state index in [1.165, 1.54) is 6.07 Å². The van der Waals surface area contributed by atoms with E-state index in [0.29, 0.717) is 26.9 Å². The topological polar surface area (TPSA) is 35.2 Å². The lowest BCUT2D eigenvalue weighted by Crippen LogP contribution is -2.00. The molecule has 0 radical (unpaired) electrons. The van der Waals surface area contributed by atoms with Crippen molar-refractivity contribution in [1.82, 2.24) is 0 Å². The number of rotatable bonds is 3. The predicted octanol–water partition coefficient (Wildman–Crippen LogP) is 4.02. The van der Waals surface area contributed by atoms with Gasteiger partial charge in [0.15, 0.2) is 5.75 Å². The van der Waals surface area contributed by atoms with Gasteiger partial charge < -0.3 is 10.5 Å². The molecule has 21 heavy (non-hydrogen) atoms. The first kappa shape index (κ1) is 15.7. The summed E-state index contributed by atoms with van der Waals surface area (Å²) in [6.45, 7) is 0.261. The number of hydrogen-bond acceptors (Lipinski definition) is 2. The van der Waals surface area contributed by atoms with Crippen LogP contribution in [-0.2, 0) is 6.61 Å². The number of ether oxygens (including phenoxy) is 1. The Morgan fingerprint density at radius 3 is 2.48 bits per heavy atom. The lowest BCUT2D eigenvalue weighted by molar-refractivity contribution is 0.300. The van der Waals surface area contributed by atoms with Crippen LogP contribution in [0.3, 0.4) is 0 Å². The van der Waals surface area contributed by atoms with E-state index in [4.69, 9.17) is 33.7 Å². The average molecular weight is 324 g/mol. The van der Waals surface area contributed by atoms with Crippen LogP contribution in [0.1, 0.15) is 11.1 Å². The molecule has 0 aliphatic carbocycles. The fraction of sp³-hybridized carbons (Fsp3) is 0.125. The molecule has 2 N–H and O–H groups in total. The van der Waals surface area contributed by atoms with Gasteiger partial charge in [-0.15, -0.1) is 0 Å². The third kappa shape index (κ3) is 4.12. The van der Waals surface area contributed by atoms with Gasteiger partial charge in [0.05, 0.1) is 16.6 Å². The van der Waals surface area contributed by atoms with Crippen LogP contribution in [0.2, 0.25) is 10.0 Å². The average Bonchev–Trinajstić information content (AvgIpc) is 2.46. The molecular formula is C16H12Cl2FNO. The molecule has 0 saturated carbocycles. The molecule has 0 amide bonds. The van der Waals surface area contributed by atoms with Crippen molar-refractivity contribution < 1.29 is 9.13 Å². The van der Waals surface area contributed by atoms with Crippen LogP contribution >= 0.6 is 23.2 Å². The van der Waals surface area contributed by atoms with Gasteiger partial charge in [-0.3, -0.25) is 0 Å². The molecule has 2 nitrogen and oxygen atoms in total. The zero-order valence-electron chi connectivity index (χ0n) is 11.0. The van der Waals surface area contributed by atoms with E-state index >= 15 is 0 Å². The lowest BCUT2D eigenvalue weighted by atomic mass is 10.1. The van der Waals surface area contributed by atoms with Crippen LogP contribution in [-0.4, -0.2) is 6.54 Å². The van der Waals surface area contributed by atoms with Gasteiger partial charge in [-0.25, -0.2) is 4.39 Å². The molecule has 2 rings (SSSR count). The zero-order chi connectivity index (χ0) is 15.2. The summed E-state index contributed by atoms with van der Waals surface area (Å²) in [7, 11) is 0. The molecule has 0 aliphatic rings. The van der Waals surface area contributed by atoms with Gasteiger partial charge in [0.2, 0.25) is 0 Å². The minimum absolute atomic E-state index is 0.0277.